The molecule has 1 aliphatic heterocycles. The molecule has 0 radical (unpaired) electrons. The van der Waals surface area contributed by atoms with Gasteiger partial charge >= 0.3 is 5.97 Å². The molecule has 5 nitrogen and oxygen atoms in total. The summed E-state index contributed by atoms with van der Waals surface area (Å²) in [6, 6.07) is 7.73. The van der Waals surface area contributed by atoms with Crippen molar-refractivity contribution in [3.8, 4) is 11.4 Å². The highest BCUT2D eigenvalue weighted by molar-refractivity contribution is 9.10. The van der Waals surface area contributed by atoms with Gasteiger partial charge in [-0.1, -0.05) is 28.1 Å². The Labute approximate surface area is 118 Å². The zero-order valence-corrected chi connectivity index (χ0v) is 11.6. The highest BCUT2D eigenvalue weighted by Gasteiger charge is 2.24. The Kier molecular flexibility index (Phi) is 3.12. The molecular weight excluding hydrogens is 310 g/mol. The number of carboxylic acid groups (broad SMARTS) is 1. The molecule has 0 aliphatic carbocycles. The van der Waals surface area contributed by atoms with E-state index in [-0.39, 0.29) is 5.69 Å². The van der Waals surface area contributed by atoms with Crippen LogP contribution in [0, 0.1) is 0 Å². The van der Waals surface area contributed by atoms with Crippen molar-refractivity contribution in [2.45, 2.75) is 13.1 Å². The number of benzene rings is 1. The summed E-state index contributed by atoms with van der Waals surface area (Å²) in [5.41, 5.74) is 1.82. The minimum atomic E-state index is -0.976. The average Bonchev–Trinajstić information content (AvgIpc) is 2.79. The van der Waals surface area contributed by atoms with E-state index in [1.807, 2.05) is 28.8 Å². The van der Waals surface area contributed by atoms with Gasteiger partial charge in [-0.3, -0.25) is 0 Å². The summed E-state index contributed by atoms with van der Waals surface area (Å²) in [6.07, 6.45) is 0. The lowest BCUT2D eigenvalue weighted by Crippen LogP contribution is -2.29. The van der Waals surface area contributed by atoms with Crippen molar-refractivity contribution in [1.29, 1.82) is 0 Å². The Balaban J connectivity index is 2.16. The molecule has 0 atom stereocenters. The van der Waals surface area contributed by atoms with E-state index in [9.17, 15) is 9.90 Å². The summed E-state index contributed by atoms with van der Waals surface area (Å²) >= 11 is 3.39. The van der Waals surface area contributed by atoms with E-state index in [0.29, 0.717) is 6.54 Å². The minimum Gasteiger partial charge on any atom is -0.476 e. The van der Waals surface area contributed by atoms with Gasteiger partial charge in [-0.05, 0) is 12.1 Å². The third-order valence-electron chi connectivity index (χ3n) is 3.18. The van der Waals surface area contributed by atoms with Crippen LogP contribution in [-0.4, -0.2) is 27.2 Å². The number of imidazole rings is 1. The van der Waals surface area contributed by atoms with E-state index in [1.165, 1.54) is 0 Å². The molecule has 19 heavy (non-hydrogen) atoms. The molecule has 1 aromatic heterocycles. The highest BCUT2D eigenvalue weighted by Crippen LogP contribution is 2.25. The fraction of sp³-hybridized carbons (Fsp3) is 0.231. The Bertz CT molecular complexity index is 634. The first-order valence-corrected chi connectivity index (χ1v) is 6.75. The number of halogens is 1. The second-order valence-corrected chi connectivity index (χ2v) is 5.29. The lowest BCUT2D eigenvalue weighted by atomic mass is 10.2. The van der Waals surface area contributed by atoms with Crippen LogP contribution < -0.4 is 5.32 Å². The van der Waals surface area contributed by atoms with E-state index in [1.54, 1.807) is 0 Å². The Morgan fingerprint density at radius 1 is 1.37 bits per heavy atom. The summed E-state index contributed by atoms with van der Waals surface area (Å²) < 4.78 is 2.98. The Morgan fingerprint density at radius 3 is 2.79 bits per heavy atom. The van der Waals surface area contributed by atoms with Crippen LogP contribution in [-0.2, 0) is 13.1 Å². The van der Waals surface area contributed by atoms with Gasteiger partial charge in [-0.15, -0.1) is 0 Å². The third-order valence-corrected chi connectivity index (χ3v) is 3.71. The van der Waals surface area contributed by atoms with Crippen molar-refractivity contribution >= 4 is 21.9 Å². The van der Waals surface area contributed by atoms with E-state index in [0.717, 1.165) is 34.6 Å². The SMILES string of the molecule is O=C(O)c1nc(-c2ccc(Br)cc2)n2c1CNCC2. The molecule has 98 valence electrons. The third kappa shape index (κ3) is 2.17. The van der Waals surface area contributed by atoms with Crippen molar-refractivity contribution in [2.24, 2.45) is 0 Å². The number of rotatable bonds is 2. The summed E-state index contributed by atoms with van der Waals surface area (Å²) in [4.78, 5) is 15.6. The summed E-state index contributed by atoms with van der Waals surface area (Å²) in [6.45, 7) is 2.11. The first-order chi connectivity index (χ1) is 9.16. The molecule has 2 aromatic rings. The number of carboxylic acids is 1. The van der Waals surface area contributed by atoms with Gasteiger partial charge in [0.1, 0.15) is 5.82 Å². The molecule has 0 amide bonds. The maximum absolute atomic E-state index is 11.3. The van der Waals surface area contributed by atoms with Gasteiger partial charge in [0.2, 0.25) is 0 Å². The fourth-order valence-electron chi connectivity index (χ4n) is 2.29. The summed E-state index contributed by atoms with van der Waals surface area (Å²) in [5.74, 6) is -0.253. The Morgan fingerprint density at radius 2 is 2.11 bits per heavy atom. The molecule has 0 saturated carbocycles. The van der Waals surface area contributed by atoms with Crippen LogP contribution in [0.15, 0.2) is 28.7 Å². The Hall–Kier alpha value is -1.66. The second kappa shape index (κ2) is 4.79. The average molecular weight is 322 g/mol. The minimum absolute atomic E-state index is 0.144. The highest BCUT2D eigenvalue weighted by atomic mass is 79.9. The molecular formula is C13H12BrN3O2. The molecule has 1 aliphatic rings. The maximum atomic E-state index is 11.3. The van der Waals surface area contributed by atoms with E-state index < -0.39 is 5.97 Å². The van der Waals surface area contributed by atoms with Gasteiger partial charge in [0.15, 0.2) is 5.69 Å². The van der Waals surface area contributed by atoms with Gasteiger partial charge in [-0.2, -0.15) is 0 Å². The van der Waals surface area contributed by atoms with Gasteiger partial charge in [-0.25, -0.2) is 9.78 Å². The summed E-state index contributed by atoms with van der Waals surface area (Å²) in [7, 11) is 0. The normalized spacial score (nSPS) is 14.2. The number of aromatic carboxylic acids is 1. The van der Waals surface area contributed by atoms with Crippen molar-refractivity contribution in [2.75, 3.05) is 6.54 Å². The fourth-order valence-corrected chi connectivity index (χ4v) is 2.56. The van der Waals surface area contributed by atoms with Gasteiger partial charge in [0, 0.05) is 29.7 Å². The van der Waals surface area contributed by atoms with Gasteiger partial charge in [0.05, 0.1) is 5.69 Å². The van der Waals surface area contributed by atoms with Crippen molar-refractivity contribution in [3.63, 3.8) is 0 Å². The second-order valence-electron chi connectivity index (χ2n) is 4.37. The van der Waals surface area contributed by atoms with Crippen LogP contribution >= 0.6 is 15.9 Å². The number of hydrogen-bond donors (Lipinski definition) is 2. The molecule has 0 bridgehead atoms. The van der Waals surface area contributed by atoms with Gasteiger partial charge in [0.25, 0.3) is 0 Å². The largest absolute Gasteiger partial charge is 0.476 e. The van der Waals surface area contributed by atoms with E-state index in [2.05, 4.69) is 26.2 Å². The molecule has 1 aromatic carbocycles. The van der Waals surface area contributed by atoms with Crippen LogP contribution in [0.25, 0.3) is 11.4 Å². The molecule has 6 heteroatoms. The van der Waals surface area contributed by atoms with Crippen molar-refractivity contribution < 1.29 is 9.90 Å². The standard InChI is InChI=1S/C13H12BrN3O2/c14-9-3-1-8(2-4-9)12-16-11(13(18)19)10-7-15-5-6-17(10)12/h1-4,15H,5-7H2,(H,18,19). The topological polar surface area (TPSA) is 67.1 Å². The first kappa shape index (κ1) is 12.4. The van der Waals surface area contributed by atoms with E-state index in [4.69, 9.17) is 0 Å². The molecule has 0 saturated heterocycles. The van der Waals surface area contributed by atoms with Crippen LogP contribution in [0.2, 0.25) is 0 Å². The molecule has 0 fully saturated rings. The lowest BCUT2D eigenvalue weighted by molar-refractivity contribution is 0.0689. The lowest BCUT2D eigenvalue weighted by Gasteiger charge is -2.18. The monoisotopic (exact) mass is 321 g/mol. The zero-order chi connectivity index (χ0) is 13.4. The number of nitrogens with one attached hydrogen (secondary N) is 1. The zero-order valence-electron chi connectivity index (χ0n) is 10.1. The number of carbonyl (C=O) groups is 1. The maximum Gasteiger partial charge on any atom is 0.356 e. The molecule has 2 heterocycles. The van der Waals surface area contributed by atoms with Crippen LogP contribution in [0.3, 0.4) is 0 Å². The molecule has 0 unspecified atom stereocenters. The van der Waals surface area contributed by atoms with Crippen LogP contribution in [0.5, 0.6) is 0 Å². The van der Waals surface area contributed by atoms with Crippen LogP contribution in [0.1, 0.15) is 16.2 Å². The number of nitrogens with zero attached hydrogens (tertiary/aromatic N) is 2. The number of hydrogen-bond acceptors (Lipinski definition) is 3. The van der Waals surface area contributed by atoms with Crippen molar-refractivity contribution in [3.05, 3.63) is 40.1 Å². The number of aromatic nitrogens is 2. The van der Waals surface area contributed by atoms with Crippen molar-refractivity contribution in [1.82, 2.24) is 14.9 Å². The molecule has 2 N–H and O–H groups in total. The quantitative estimate of drug-likeness (QED) is 0.889. The smallest absolute Gasteiger partial charge is 0.356 e. The van der Waals surface area contributed by atoms with Gasteiger partial charge < -0.3 is 15.0 Å². The first-order valence-electron chi connectivity index (χ1n) is 5.96. The van der Waals surface area contributed by atoms with E-state index >= 15 is 0 Å². The predicted molar refractivity (Wildman–Crippen MR) is 74.0 cm³/mol. The summed E-state index contributed by atoms with van der Waals surface area (Å²) in [5, 5.41) is 12.4. The van der Waals surface area contributed by atoms with Crippen LogP contribution in [0.4, 0.5) is 0 Å². The molecule has 0 spiro atoms. The number of fused-ring (bicyclic) bond motifs is 1. The molecule has 3 rings (SSSR count). The predicted octanol–water partition coefficient (Wildman–Crippen LogP) is 2.11.